The smallest absolute Gasteiger partial charge is 0.175 e. The van der Waals surface area contributed by atoms with Gasteiger partial charge in [-0.05, 0) is 40.5 Å². The lowest BCUT2D eigenvalue weighted by atomic mass is 10.2. The Kier molecular flexibility index (Phi) is 5.13. The minimum Gasteiger partial charge on any atom is -0.493 e. The predicted octanol–water partition coefficient (Wildman–Crippen LogP) is 3.22. The number of halogens is 2. The van der Waals surface area contributed by atoms with E-state index in [1.807, 2.05) is 14.0 Å². The number of benzene rings is 1. The monoisotopic (exact) mass is 374 g/mol. The predicted molar refractivity (Wildman–Crippen MR) is 83.9 cm³/mol. The van der Waals surface area contributed by atoms with Crippen LogP contribution in [0.5, 0.6) is 11.5 Å². The van der Waals surface area contributed by atoms with E-state index < -0.39 is 0 Å². The fourth-order valence-electron chi connectivity index (χ4n) is 1.98. The normalized spacial score (nSPS) is 10.8. The van der Waals surface area contributed by atoms with Crippen molar-refractivity contribution < 1.29 is 14.6 Å². The molecular formula is C14H16BrClN2O3. The summed E-state index contributed by atoms with van der Waals surface area (Å²) in [6.45, 7) is 2.05. The van der Waals surface area contributed by atoms with Crippen LogP contribution < -0.4 is 9.47 Å². The summed E-state index contributed by atoms with van der Waals surface area (Å²) in [5, 5.41) is 14.1. The van der Waals surface area contributed by atoms with E-state index in [2.05, 4.69) is 21.0 Å². The van der Waals surface area contributed by atoms with Gasteiger partial charge in [-0.2, -0.15) is 5.10 Å². The topological polar surface area (TPSA) is 56.5 Å². The van der Waals surface area contributed by atoms with Crippen LogP contribution >= 0.6 is 27.5 Å². The van der Waals surface area contributed by atoms with Gasteiger partial charge in [0.25, 0.3) is 0 Å². The molecule has 0 amide bonds. The lowest BCUT2D eigenvalue weighted by Gasteiger charge is -2.14. The van der Waals surface area contributed by atoms with Gasteiger partial charge >= 0.3 is 0 Å². The Bertz CT molecular complexity index is 658. The molecule has 0 spiro atoms. The Labute approximate surface area is 136 Å². The minimum atomic E-state index is -0.0675. The van der Waals surface area contributed by atoms with Crippen LogP contribution in [0, 0.1) is 6.92 Å². The first-order valence-corrected chi connectivity index (χ1v) is 7.43. The van der Waals surface area contributed by atoms with E-state index in [-0.39, 0.29) is 13.2 Å². The third-order valence-corrected chi connectivity index (χ3v) is 4.17. The summed E-state index contributed by atoms with van der Waals surface area (Å²) >= 11 is 9.63. The van der Waals surface area contributed by atoms with Crippen LogP contribution in [0.4, 0.5) is 0 Å². The molecule has 0 saturated heterocycles. The molecule has 0 aliphatic carbocycles. The van der Waals surface area contributed by atoms with E-state index in [0.29, 0.717) is 21.0 Å². The summed E-state index contributed by atoms with van der Waals surface area (Å²) in [6.07, 6.45) is 0. The molecule has 0 fully saturated rings. The zero-order valence-electron chi connectivity index (χ0n) is 12.0. The molecule has 0 radical (unpaired) electrons. The first-order chi connectivity index (χ1) is 9.97. The number of aliphatic hydroxyl groups excluding tert-OH is 1. The Morgan fingerprint density at radius 2 is 2.14 bits per heavy atom. The lowest BCUT2D eigenvalue weighted by molar-refractivity contribution is 0.268. The lowest BCUT2D eigenvalue weighted by Crippen LogP contribution is -2.05. The standard InChI is InChI=1S/C14H16BrClN2O3/c1-8-13(16)11(18(2)17-8)7-21-14-10(15)4-9(6-19)5-12(14)20-3/h4-5,19H,6-7H2,1-3H3. The fraction of sp³-hybridized carbons (Fsp3) is 0.357. The summed E-state index contributed by atoms with van der Waals surface area (Å²) in [5.74, 6) is 1.10. The van der Waals surface area contributed by atoms with Crippen molar-refractivity contribution in [2.24, 2.45) is 7.05 Å². The fourth-order valence-corrected chi connectivity index (χ4v) is 2.80. The van der Waals surface area contributed by atoms with Crippen LogP contribution in [-0.2, 0) is 20.3 Å². The number of ether oxygens (including phenoxy) is 2. The van der Waals surface area contributed by atoms with Gasteiger partial charge in [0.1, 0.15) is 6.61 Å². The SMILES string of the molecule is COc1cc(CO)cc(Br)c1OCc1c(Cl)c(C)nn1C. The molecule has 0 atom stereocenters. The van der Waals surface area contributed by atoms with Crippen LogP contribution in [-0.4, -0.2) is 22.0 Å². The van der Waals surface area contributed by atoms with Gasteiger partial charge < -0.3 is 14.6 Å². The maximum absolute atomic E-state index is 9.21. The average Bonchev–Trinajstić information content (AvgIpc) is 2.70. The average molecular weight is 376 g/mol. The molecule has 0 saturated carbocycles. The molecule has 114 valence electrons. The molecule has 5 nitrogen and oxygen atoms in total. The molecule has 0 bridgehead atoms. The molecule has 0 aliphatic rings. The van der Waals surface area contributed by atoms with Gasteiger partial charge in [-0.3, -0.25) is 4.68 Å². The molecular weight excluding hydrogens is 360 g/mol. The second kappa shape index (κ2) is 6.68. The van der Waals surface area contributed by atoms with Crippen molar-refractivity contribution in [2.75, 3.05) is 7.11 Å². The van der Waals surface area contributed by atoms with Crippen molar-refractivity contribution in [3.05, 3.63) is 38.6 Å². The number of hydrogen-bond acceptors (Lipinski definition) is 4. The number of aromatic nitrogens is 2. The highest BCUT2D eigenvalue weighted by molar-refractivity contribution is 9.10. The maximum atomic E-state index is 9.21. The Morgan fingerprint density at radius 3 is 2.67 bits per heavy atom. The molecule has 0 unspecified atom stereocenters. The highest BCUT2D eigenvalue weighted by Crippen LogP contribution is 2.37. The van der Waals surface area contributed by atoms with Gasteiger partial charge in [0.15, 0.2) is 11.5 Å². The molecule has 2 rings (SSSR count). The van der Waals surface area contributed by atoms with E-state index in [0.717, 1.165) is 17.0 Å². The summed E-state index contributed by atoms with van der Waals surface area (Å²) < 4.78 is 13.5. The molecule has 1 aromatic heterocycles. The molecule has 21 heavy (non-hydrogen) atoms. The largest absolute Gasteiger partial charge is 0.493 e. The molecule has 1 heterocycles. The van der Waals surface area contributed by atoms with Crippen LogP contribution in [0.25, 0.3) is 0 Å². The van der Waals surface area contributed by atoms with Gasteiger partial charge in [0.2, 0.25) is 0 Å². The van der Waals surface area contributed by atoms with E-state index in [1.54, 1.807) is 23.9 Å². The van der Waals surface area contributed by atoms with Crippen LogP contribution in [0.3, 0.4) is 0 Å². The third-order valence-electron chi connectivity index (χ3n) is 3.09. The van der Waals surface area contributed by atoms with Gasteiger partial charge in [0.05, 0.1) is 34.6 Å². The van der Waals surface area contributed by atoms with Gasteiger partial charge in [-0.15, -0.1) is 0 Å². The molecule has 1 aromatic carbocycles. The van der Waals surface area contributed by atoms with Crippen molar-refractivity contribution in [2.45, 2.75) is 20.1 Å². The Hall–Kier alpha value is -1.24. The molecule has 1 N–H and O–H groups in total. The van der Waals surface area contributed by atoms with Crippen molar-refractivity contribution in [1.29, 1.82) is 0 Å². The van der Waals surface area contributed by atoms with Gasteiger partial charge in [0, 0.05) is 7.05 Å². The van der Waals surface area contributed by atoms with Crippen LogP contribution in [0.15, 0.2) is 16.6 Å². The van der Waals surface area contributed by atoms with E-state index in [4.69, 9.17) is 21.1 Å². The van der Waals surface area contributed by atoms with Crippen LogP contribution in [0.1, 0.15) is 17.0 Å². The molecule has 0 aliphatic heterocycles. The summed E-state index contributed by atoms with van der Waals surface area (Å²) in [7, 11) is 3.37. The number of aliphatic hydroxyl groups is 1. The van der Waals surface area contributed by atoms with E-state index in [9.17, 15) is 5.11 Å². The zero-order chi connectivity index (χ0) is 15.6. The van der Waals surface area contributed by atoms with Crippen LogP contribution in [0.2, 0.25) is 5.02 Å². The Balaban J connectivity index is 2.27. The van der Waals surface area contributed by atoms with Gasteiger partial charge in [-0.1, -0.05) is 11.6 Å². The first-order valence-electron chi connectivity index (χ1n) is 6.26. The van der Waals surface area contributed by atoms with E-state index >= 15 is 0 Å². The van der Waals surface area contributed by atoms with Gasteiger partial charge in [-0.25, -0.2) is 0 Å². The number of rotatable bonds is 5. The van der Waals surface area contributed by atoms with Crippen molar-refractivity contribution in [3.8, 4) is 11.5 Å². The zero-order valence-corrected chi connectivity index (χ0v) is 14.3. The third kappa shape index (κ3) is 3.33. The number of aryl methyl sites for hydroxylation is 2. The second-order valence-electron chi connectivity index (χ2n) is 4.53. The molecule has 2 aromatic rings. The Morgan fingerprint density at radius 1 is 1.43 bits per heavy atom. The minimum absolute atomic E-state index is 0.0675. The summed E-state index contributed by atoms with van der Waals surface area (Å²) in [6, 6.07) is 3.52. The number of nitrogens with zero attached hydrogens (tertiary/aromatic N) is 2. The number of hydrogen-bond donors (Lipinski definition) is 1. The summed E-state index contributed by atoms with van der Waals surface area (Å²) in [5.41, 5.74) is 2.29. The summed E-state index contributed by atoms with van der Waals surface area (Å²) in [4.78, 5) is 0. The first kappa shape index (κ1) is 16.1. The second-order valence-corrected chi connectivity index (χ2v) is 5.76. The van der Waals surface area contributed by atoms with Crippen molar-refractivity contribution in [3.63, 3.8) is 0 Å². The van der Waals surface area contributed by atoms with Crippen molar-refractivity contribution >= 4 is 27.5 Å². The maximum Gasteiger partial charge on any atom is 0.175 e. The highest BCUT2D eigenvalue weighted by atomic mass is 79.9. The highest BCUT2D eigenvalue weighted by Gasteiger charge is 2.15. The number of methoxy groups -OCH3 is 1. The van der Waals surface area contributed by atoms with Crippen molar-refractivity contribution in [1.82, 2.24) is 9.78 Å². The quantitative estimate of drug-likeness (QED) is 0.872. The molecule has 7 heteroatoms. The van der Waals surface area contributed by atoms with E-state index in [1.165, 1.54) is 0 Å².